The van der Waals surface area contributed by atoms with Crippen LogP contribution in [0.4, 0.5) is 17.2 Å². The quantitative estimate of drug-likeness (QED) is 0.852. The summed E-state index contributed by atoms with van der Waals surface area (Å²) in [4.78, 5) is 16.9. The van der Waals surface area contributed by atoms with E-state index in [0.29, 0.717) is 24.0 Å². The van der Waals surface area contributed by atoms with E-state index in [1.54, 1.807) is 11.0 Å². The number of halogens is 1. The van der Waals surface area contributed by atoms with Crippen molar-refractivity contribution in [2.45, 2.75) is 25.8 Å². The third-order valence-corrected chi connectivity index (χ3v) is 4.29. The molecule has 2 aromatic rings. The second kappa shape index (κ2) is 4.95. The zero-order chi connectivity index (χ0) is 15.3. The molecule has 2 aliphatic rings. The standard InChI is InChI=1S/C16H15ClN4O/c1-2-20-12-5-3-4-6-13(12)21(10-7-8-10)15-11(16(20)22)9-14(17)18-19-15/h3-6,9-10H,2,7-8H2,1H3. The van der Waals surface area contributed by atoms with Gasteiger partial charge in [0.25, 0.3) is 5.91 Å². The van der Waals surface area contributed by atoms with E-state index < -0.39 is 0 Å². The second-order valence-electron chi connectivity index (χ2n) is 5.54. The first kappa shape index (κ1) is 13.5. The van der Waals surface area contributed by atoms with Crippen molar-refractivity contribution in [3.05, 3.63) is 41.0 Å². The normalized spacial score (nSPS) is 17.1. The first-order valence-electron chi connectivity index (χ1n) is 7.44. The van der Waals surface area contributed by atoms with Gasteiger partial charge in [-0.15, -0.1) is 10.2 Å². The molecule has 0 bridgehead atoms. The molecule has 5 nitrogen and oxygen atoms in total. The summed E-state index contributed by atoms with van der Waals surface area (Å²) in [6.45, 7) is 2.56. The molecule has 1 aliphatic carbocycles. The van der Waals surface area contributed by atoms with Crippen LogP contribution in [0.3, 0.4) is 0 Å². The number of carbonyl (C=O) groups excluding carboxylic acids is 1. The number of hydrogen-bond donors (Lipinski definition) is 0. The van der Waals surface area contributed by atoms with Gasteiger partial charge in [-0.3, -0.25) is 4.79 Å². The molecule has 112 valence electrons. The number of benzene rings is 1. The van der Waals surface area contributed by atoms with Crippen molar-refractivity contribution < 1.29 is 4.79 Å². The average molecular weight is 315 g/mol. The minimum Gasteiger partial charge on any atom is -0.319 e. The predicted molar refractivity (Wildman–Crippen MR) is 86.0 cm³/mol. The number of amides is 1. The van der Waals surface area contributed by atoms with Gasteiger partial charge in [0.1, 0.15) is 0 Å². The van der Waals surface area contributed by atoms with E-state index in [1.807, 2.05) is 31.2 Å². The summed E-state index contributed by atoms with van der Waals surface area (Å²) in [5, 5.41) is 8.43. The highest BCUT2D eigenvalue weighted by Crippen LogP contribution is 2.45. The number of fused-ring (bicyclic) bond motifs is 2. The van der Waals surface area contributed by atoms with Crippen LogP contribution >= 0.6 is 11.6 Å². The lowest BCUT2D eigenvalue weighted by atomic mass is 10.2. The van der Waals surface area contributed by atoms with Crippen LogP contribution in [-0.2, 0) is 0 Å². The molecule has 0 unspecified atom stereocenters. The highest BCUT2D eigenvalue weighted by Gasteiger charge is 2.39. The summed E-state index contributed by atoms with van der Waals surface area (Å²) in [5.74, 6) is 0.533. The van der Waals surface area contributed by atoms with Crippen LogP contribution in [0.25, 0.3) is 0 Å². The van der Waals surface area contributed by atoms with Gasteiger partial charge < -0.3 is 9.80 Å². The summed E-state index contributed by atoms with van der Waals surface area (Å²) in [6.07, 6.45) is 2.19. The van der Waals surface area contributed by atoms with Gasteiger partial charge in [0.15, 0.2) is 11.0 Å². The van der Waals surface area contributed by atoms with E-state index in [1.165, 1.54) is 0 Å². The Hall–Kier alpha value is -2.14. The van der Waals surface area contributed by atoms with Crippen molar-refractivity contribution in [1.82, 2.24) is 10.2 Å². The number of carbonyl (C=O) groups is 1. The van der Waals surface area contributed by atoms with Crippen LogP contribution < -0.4 is 9.80 Å². The van der Waals surface area contributed by atoms with E-state index in [-0.39, 0.29) is 11.1 Å². The third-order valence-electron chi connectivity index (χ3n) is 4.11. The topological polar surface area (TPSA) is 49.3 Å². The van der Waals surface area contributed by atoms with Gasteiger partial charge >= 0.3 is 0 Å². The third kappa shape index (κ3) is 1.96. The number of hydrogen-bond acceptors (Lipinski definition) is 4. The molecule has 1 fully saturated rings. The van der Waals surface area contributed by atoms with Gasteiger partial charge in [0, 0.05) is 12.6 Å². The largest absolute Gasteiger partial charge is 0.319 e. The first-order chi connectivity index (χ1) is 10.7. The van der Waals surface area contributed by atoms with E-state index in [4.69, 9.17) is 11.6 Å². The van der Waals surface area contributed by atoms with E-state index in [9.17, 15) is 4.79 Å². The number of rotatable bonds is 2. The van der Waals surface area contributed by atoms with Crippen LogP contribution in [-0.4, -0.2) is 28.7 Å². The molecule has 1 amide bonds. The summed E-state index contributed by atoms with van der Waals surface area (Å²) >= 11 is 5.98. The van der Waals surface area contributed by atoms with Crippen LogP contribution in [0.5, 0.6) is 0 Å². The van der Waals surface area contributed by atoms with E-state index in [2.05, 4.69) is 15.1 Å². The molecule has 4 rings (SSSR count). The minimum absolute atomic E-state index is 0.0788. The maximum atomic E-state index is 12.9. The molecule has 0 spiro atoms. The predicted octanol–water partition coefficient (Wildman–Crippen LogP) is 3.41. The van der Waals surface area contributed by atoms with Gasteiger partial charge in [0.05, 0.1) is 16.9 Å². The number of para-hydroxylation sites is 2. The number of aromatic nitrogens is 2. The Balaban J connectivity index is 2.01. The molecule has 2 heterocycles. The molecule has 1 saturated carbocycles. The lowest BCUT2D eigenvalue weighted by Crippen LogP contribution is -2.30. The fourth-order valence-corrected chi connectivity index (χ4v) is 3.13. The zero-order valence-electron chi connectivity index (χ0n) is 12.2. The average Bonchev–Trinajstić information content (AvgIpc) is 3.35. The Bertz CT molecular complexity index is 760. The van der Waals surface area contributed by atoms with Gasteiger partial charge in [-0.2, -0.15) is 0 Å². The van der Waals surface area contributed by atoms with Crippen LogP contribution in [0.1, 0.15) is 30.1 Å². The van der Waals surface area contributed by atoms with Crippen molar-refractivity contribution in [2.24, 2.45) is 0 Å². The van der Waals surface area contributed by atoms with Crippen molar-refractivity contribution >= 4 is 34.7 Å². The number of nitrogens with zero attached hydrogens (tertiary/aromatic N) is 4. The fourth-order valence-electron chi connectivity index (χ4n) is 2.98. The Morgan fingerprint density at radius 2 is 1.95 bits per heavy atom. The summed E-state index contributed by atoms with van der Waals surface area (Å²) < 4.78 is 0. The minimum atomic E-state index is -0.0788. The molecule has 1 aromatic heterocycles. The van der Waals surface area contributed by atoms with Crippen molar-refractivity contribution in [1.29, 1.82) is 0 Å². The summed E-state index contributed by atoms with van der Waals surface area (Å²) in [6, 6.07) is 9.95. The zero-order valence-corrected chi connectivity index (χ0v) is 12.9. The summed E-state index contributed by atoms with van der Waals surface area (Å²) in [7, 11) is 0. The molecule has 0 N–H and O–H groups in total. The molecule has 1 aromatic carbocycles. The highest BCUT2D eigenvalue weighted by molar-refractivity contribution is 6.30. The lowest BCUT2D eigenvalue weighted by Gasteiger charge is -2.25. The Kier molecular flexibility index (Phi) is 3.04. The van der Waals surface area contributed by atoms with Crippen molar-refractivity contribution in [3.8, 4) is 0 Å². The van der Waals surface area contributed by atoms with Crippen LogP contribution in [0.15, 0.2) is 30.3 Å². The molecular formula is C16H15ClN4O. The summed E-state index contributed by atoms with van der Waals surface area (Å²) in [5.41, 5.74) is 2.44. The van der Waals surface area contributed by atoms with Crippen molar-refractivity contribution in [2.75, 3.05) is 16.3 Å². The van der Waals surface area contributed by atoms with Gasteiger partial charge in [-0.05, 0) is 38.0 Å². The van der Waals surface area contributed by atoms with Gasteiger partial charge in [-0.1, -0.05) is 23.7 Å². The van der Waals surface area contributed by atoms with Crippen LogP contribution in [0.2, 0.25) is 5.15 Å². The molecule has 22 heavy (non-hydrogen) atoms. The SMILES string of the molecule is CCN1C(=O)c2cc(Cl)nnc2N(C2CC2)c2ccccc21. The van der Waals surface area contributed by atoms with Crippen molar-refractivity contribution in [3.63, 3.8) is 0 Å². The molecule has 0 saturated heterocycles. The Labute approximate surface area is 133 Å². The molecule has 0 radical (unpaired) electrons. The Morgan fingerprint density at radius 1 is 1.23 bits per heavy atom. The van der Waals surface area contributed by atoms with Crippen LogP contribution in [0, 0.1) is 0 Å². The fraction of sp³-hybridized carbons (Fsp3) is 0.312. The molecule has 6 heteroatoms. The monoisotopic (exact) mass is 314 g/mol. The van der Waals surface area contributed by atoms with E-state index >= 15 is 0 Å². The molecule has 0 atom stereocenters. The Morgan fingerprint density at radius 3 is 2.64 bits per heavy atom. The maximum absolute atomic E-state index is 12.9. The maximum Gasteiger partial charge on any atom is 0.262 e. The van der Waals surface area contributed by atoms with E-state index in [0.717, 1.165) is 24.2 Å². The van der Waals surface area contributed by atoms with Gasteiger partial charge in [-0.25, -0.2) is 0 Å². The highest BCUT2D eigenvalue weighted by atomic mass is 35.5. The smallest absolute Gasteiger partial charge is 0.262 e. The lowest BCUT2D eigenvalue weighted by molar-refractivity contribution is 0.0989. The molecule has 1 aliphatic heterocycles. The second-order valence-corrected chi connectivity index (χ2v) is 5.93. The van der Waals surface area contributed by atoms with Gasteiger partial charge in [0.2, 0.25) is 0 Å². The number of anilines is 3. The molecular weight excluding hydrogens is 300 g/mol. The first-order valence-corrected chi connectivity index (χ1v) is 7.82.